The molecule has 0 radical (unpaired) electrons. The number of nitrogens with one attached hydrogen (secondary N) is 2. The van der Waals surface area contributed by atoms with Crippen LogP contribution in [0.15, 0.2) is 76.2 Å². The number of sulfonamides is 1. The fourth-order valence-corrected chi connectivity index (χ4v) is 4.24. The van der Waals surface area contributed by atoms with Crippen LogP contribution in [0.2, 0.25) is 0 Å². The summed E-state index contributed by atoms with van der Waals surface area (Å²) in [5.41, 5.74) is 1.32. The number of hydrogen-bond donors (Lipinski definition) is 2. The van der Waals surface area contributed by atoms with Crippen LogP contribution in [0.1, 0.15) is 23.7 Å². The third-order valence-corrected chi connectivity index (χ3v) is 6.25. The van der Waals surface area contributed by atoms with Gasteiger partial charge in [0.05, 0.1) is 17.7 Å². The highest BCUT2D eigenvalue weighted by atomic mass is 32.2. The van der Waals surface area contributed by atoms with E-state index in [0.717, 1.165) is 5.56 Å². The van der Waals surface area contributed by atoms with Crippen molar-refractivity contribution in [3.05, 3.63) is 84.1 Å². The van der Waals surface area contributed by atoms with Gasteiger partial charge in [0.1, 0.15) is 11.6 Å². The van der Waals surface area contributed by atoms with E-state index in [1.165, 1.54) is 30.5 Å². The van der Waals surface area contributed by atoms with Crippen LogP contribution in [0, 0.1) is 11.7 Å². The summed E-state index contributed by atoms with van der Waals surface area (Å²) in [6.45, 7) is 0.0351. The lowest BCUT2D eigenvalue weighted by Gasteiger charge is -2.09. The first-order valence-electron chi connectivity index (χ1n) is 9.11. The summed E-state index contributed by atoms with van der Waals surface area (Å²) in [4.78, 5) is 12.6. The standard InChI is InChI=1S/C21H19FN2O4S/c22-15-8-6-14(7-9-15)19-12-20(19)21(25)24-16-3-1-5-18(11-16)29(26,27)23-13-17-4-2-10-28-17/h1-11,19-20,23H,12-13H2,(H,24,25). The summed E-state index contributed by atoms with van der Waals surface area (Å²) in [5.74, 6) is -0.152. The minimum Gasteiger partial charge on any atom is -0.468 e. The Labute approximate surface area is 167 Å². The van der Waals surface area contributed by atoms with E-state index in [0.29, 0.717) is 17.9 Å². The molecule has 0 aliphatic heterocycles. The smallest absolute Gasteiger partial charge is 0.241 e. The summed E-state index contributed by atoms with van der Waals surface area (Å²) < 4.78 is 45.6. The largest absolute Gasteiger partial charge is 0.468 e. The minimum absolute atomic E-state index is 0.0351. The Morgan fingerprint density at radius 2 is 1.90 bits per heavy atom. The highest BCUT2D eigenvalue weighted by Gasteiger charge is 2.43. The maximum Gasteiger partial charge on any atom is 0.241 e. The van der Waals surface area contributed by atoms with E-state index in [-0.39, 0.29) is 35.0 Å². The second kappa shape index (κ2) is 7.81. The van der Waals surface area contributed by atoms with Gasteiger partial charge in [0.2, 0.25) is 15.9 Å². The van der Waals surface area contributed by atoms with Crippen molar-refractivity contribution >= 4 is 21.6 Å². The Morgan fingerprint density at radius 3 is 2.62 bits per heavy atom. The number of furan rings is 1. The van der Waals surface area contributed by atoms with Crippen molar-refractivity contribution in [3.63, 3.8) is 0 Å². The molecule has 0 saturated heterocycles. The lowest BCUT2D eigenvalue weighted by molar-refractivity contribution is -0.117. The van der Waals surface area contributed by atoms with Crippen molar-refractivity contribution in [2.24, 2.45) is 5.92 Å². The molecule has 1 saturated carbocycles. The number of amides is 1. The van der Waals surface area contributed by atoms with Crippen LogP contribution >= 0.6 is 0 Å². The van der Waals surface area contributed by atoms with Crippen molar-refractivity contribution < 1.29 is 22.0 Å². The second-order valence-electron chi connectivity index (χ2n) is 6.92. The van der Waals surface area contributed by atoms with Crippen LogP contribution in [-0.4, -0.2) is 14.3 Å². The molecule has 1 fully saturated rings. The number of hydrogen-bond acceptors (Lipinski definition) is 4. The lowest BCUT2D eigenvalue weighted by atomic mass is 10.1. The molecule has 2 aromatic carbocycles. The number of benzene rings is 2. The molecule has 1 heterocycles. The van der Waals surface area contributed by atoms with Crippen LogP contribution in [0.25, 0.3) is 0 Å². The fraction of sp³-hybridized carbons (Fsp3) is 0.190. The van der Waals surface area contributed by atoms with Gasteiger partial charge in [-0.3, -0.25) is 4.79 Å². The number of rotatable bonds is 7. The van der Waals surface area contributed by atoms with E-state index in [4.69, 9.17) is 4.42 Å². The Balaban J connectivity index is 1.40. The molecule has 0 bridgehead atoms. The molecule has 2 N–H and O–H groups in total. The maximum absolute atomic E-state index is 13.0. The van der Waals surface area contributed by atoms with E-state index >= 15 is 0 Å². The Kier molecular flexibility index (Phi) is 5.21. The van der Waals surface area contributed by atoms with Crippen molar-refractivity contribution in [1.29, 1.82) is 0 Å². The van der Waals surface area contributed by atoms with Gasteiger partial charge in [-0.15, -0.1) is 0 Å². The van der Waals surface area contributed by atoms with Gasteiger partial charge >= 0.3 is 0 Å². The van der Waals surface area contributed by atoms with Crippen LogP contribution in [0.4, 0.5) is 10.1 Å². The van der Waals surface area contributed by atoms with Gasteiger partial charge in [0, 0.05) is 11.6 Å². The average Bonchev–Trinajstić information content (AvgIpc) is 3.34. The molecule has 4 rings (SSSR count). The first-order valence-corrected chi connectivity index (χ1v) is 10.6. The average molecular weight is 414 g/mol. The molecule has 1 aliphatic carbocycles. The van der Waals surface area contributed by atoms with E-state index in [1.807, 2.05) is 0 Å². The number of carbonyl (C=O) groups excluding carboxylic acids is 1. The summed E-state index contributed by atoms with van der Waals surface area (Å²) >= 11 is 0. The SMILES string of the molecule is O=C(Nc1cccc(S(=O)(=O)NCc2ccco2)c1)C1CC1c1ccc(F)cc1. The molecule has 0 spiro atoms. The highest BCUT2D eigenvalue weighted by Crippen LogP contribution is 2.48. The van der Waals surface area contributed by atoms with Crippen LogP contribution in [0.3, 0.4) is 0 Å². The molecule has 1 aliphatic rings. The van der Waals surface area contributed by atoms with E-state index in [9.17, 15) is 17.6 Å². The van der Waals surface area contributed by atoms with Crippen LogP contribution in [0.5, 0.6) is 0 Å². The predicted molar refractivity (Wildman–Crippen MR) is 105 cm³/mol. The summed E-state index contributed by atoms with van der Waals surface area (Å²) in [6, 6.07) is 15.6. The van der Waals surface area contributed by atoms with Gasteiger partial charge in [0.15, 0.2) is 0 Å². The first kappa shape index (κ1) is 19.4. The van der Waals surface area contributed by atoms with E-state index < -0.39 is 10.0 Å². The summed E-state index contributed by atoms with van der Waals surface area (Å²) in [5, 5.41) is 2.77. The molecule has 1 amide bonds. The monoisotopic (exact) mass is 414 g/mol. The zero-order valence-corrected chi connectivity index (χ0v) is 16.2. The zero-order chi connectivity index (χ0) is 20.4. The third-order valence-electron chi connectivity index (χ3n) is 4.85. The Morgan fingerprint density at radius 1 is 1.10 bits per heavy atom. The molecule has 2 unspecified atom stereocenters. The molecule has 2 atom stereocenters. The fourth-order valence-electron chi connectivity index (χ4n) is 3.20. The maximum atomic E-state index is 13.0. The van der Waals surface area contributed by atoms with Crippen LogP contribution < -0.4 is 10.0 Å². The molecule has 150 valence electrons. The molecule has 1 aromatic heterocycles. The summed E-state index contributed by atoms with van der Waals surface area (Å²) in [7, 11) is -3.75. The molecular weight excluding hydrogens is 395 g/mol. The molecule has 3 aromatic rings. The lowest BCUT2D eigenvalue weighted by Crippen LogP contribution is -2.23. The van der Waals surface area contributed by atoms with Gasteiger partial charge in [0.25, 0.3) is 0 Å². The molecule has 29 heavy (non-hydrogen) atoms. The zero-order valence-electron chi connectivity index (χ0n) is 15.3. The highest BCUT2D eigenvalue weighted by molar-refractivity contribution is 7.89. The molecule has 6 nitrogen and oxygen atoms in total. The van der Waals surface area contributed by atoms with E-state index in [1.54, 1.807) is 36.4 Å². The molecule has 8 heteroatoms. The van der Waals surface area contributed by atoms with Crippen molar-refractivity contribution in [1.82, 2.24) is 4.72 Å². The first-order chi connectivity index (χ1) is 13.9. The van der Waals surface area contributed by atoms with Crippen molar-refractivity contribution in [2.45, 2.75) is 23.8 Å². The van der Waals surface area contributed by atoms with E-state index in [2.05, 4.69) is 10.0 Å². The second-order valence-corrected chi connectivity index (χ2v) is 8.69. The minimum atomic E-state index is -3.75. The third kappa shape index (κ3) is 4.55. The van der Waals surface area contributed by atoms with Crippen molar-refractivity contribution in [2.75, 3.05) is 5.32 Å². The van der Waals surface area contributed by atoms with Gasteiger partial charge < -0.3 is 9.73 Å². The van der Waals surface area contributed by atoms with Crippen molar-refractivity contribution in [3.8, 4) is 0 Å². The Bertz CT molecular complexity index is 1110. The van der Waals surface area contributed by atoms with Gasteiger partial charge in [-0.25, -0.2) is 17.5 Å². The summed E-state index contributed by atoms with van der Waals surface area (Å²) in [6.07, 6.45) is 2.15. The van der Waals surface area contributed by atoms with Gasteiger partial charge in [-0.2, -0.15) is 0 Å². The predicted octanol–water partition coefficient (Wildman–Crippen LogP) is 3.64. The number of carbonyl (C=O) groups is 1. The van der Waals surface area contributed by atoms with Crippen LogP contribution in [-0.2, 0) is 21.4 Å². The number of halogens is 1. The Hall–Kier alpha value is -2.97. The number of anilines is 1. The topological polar surface area (TPSA) is 88.4 Å². The van der Waals surface area contributed by atoms with Gasteiger partial charge in [-0.1, -0.05) is 18.2 Å². The normalized spacial score (nSPS) is 18.4. The molecular formula is C21H19FN2O4S. The quantitative estimate of drug-likeness (QED) is 0.618. The van der Waals surface area contributed by atoms with Gasteiger partial charge in [-0.05, 0) is 60.4 Å².